The Morgan fingerprint density at radius 1 is 1.29 bits per heavy atom. The van der Waals surface area contributed by atoms with Crippen LogP contribution in [0.3, 0.4) is 0 Å². The van der Waals surface area contributed by atoms with E-state index in [-0.39, 0.29) is 29.9 Å². The van der Waals surface area contributed by atoms with Crippen molar-refractivity contribution in [2.75, 3.05) is 40.4 Å². The van der Waals surface area contributed by atoms with Crippen LogP contribution in [0.5, 0.6) is 0 Å². The number of hydrogen-bond acceptors (Lipinski definition) is 4. The molecule has 1 rings (SSSR count). The lowest BCUT2D eigenvalue weighted by molar-refractivity contribution is 0.0957. The van der Waals surface area contributed by atoms with Gasteiger partial charge in [0.25, 0.3) is 5.91 Å². The normalized spacial score (nSPS) is 10.7. The fourth-order valence-electron chi connectivity index (χ4n) is 1.48. The Labute approximate surface area is 146 Å². The van der Waals surface area contributed by atoms with Crippen LogP contribution < -0.4 is 16.0 Å². The number of ether oxygens (including phenoxy) is 1. The van der Waals surface area contributed by atoms with Crippen molar-refractivity contribution in [2.45, 2.75) is 6.42 Å². The minimum absolute atomic E-state index is 0. The summed E-state index contributed by atoms with van der Waals surface area (Å²) in [6.45, 7) is 2.74. The van der Waals surface area contributed by atoms with Gasteiger partial charge in [0.15, 0.2) is 5.96 Å². The van der Waals surface area contributed by atoms with Crippen LogP contribution in [-0.4, -0.2) is 52.3 Å². The van der Waals surface area contributed by atoms with Crippen LogP contribution in [0.4, 0.5) is 0 Å². The van der Waals surface area contributed by atoms with Crippen LogP contribution in [0.25, 0.3) is 0 Å². The van der Waals surface area contributed by atoms with E-state index in [0.29, 0.717) is 19.7 Å². The smallest absolute Gasteiger partial charge is 0.261 e. The van der Waals surface area contributed by atoms with Gasteiger partial charge in [-0.25, -0.2) is 0 Å². The van der Waals surface area contributed by atoms with Gasteiger partial charge in [0.1, 0.15) is 0 Å². The molecule has 0 unspecified atom stereocenters. The lowest BCUT2D eigenvalue weighted by atomic mass is 10.4. The Morgan fingerprint density at radius 3 is 2.62 bits per heavy atom. The Balaban J connectivity index is 0.00000400. The highest BCUT2D eigenvalue weighted by molar-refractivity contribution is 14.0. The first-order chi connectivity index (χ1) is 9.77. The second kappa shape index (κ2) is 12.8. The number of aliphatic imine (C=N–C) groups is 1. The van der Waals surface area contributed by atoms with Gasteiger partial charge >= 0.3 is 0 Å². The zero-order valence-corrected chi connectivity index (χ0v) is 15.5. The second-order valence-corrected chi connectivity index (χ2v) is 4.95. The number of amides is 1. The van der Waals surface area contributed by atoms with E-state index >= 15 is 0 Å². The number of carbonyl (C=O) groups is 1. The predicted octanol–water partition coefficient (Wildman–Crippen LogP) is 1.30. The van der Waals surface area contributed by atoms with Crippen molar-refractivity contribution in [1.29, 1.82) is 0 Å². The van der Waals surface area contributed by atoms with E-state index in [1.54, 1.807) is 14.2 Å². The highest BCUT2D eigenvalue weighted by atomic mass is 127. The Bertz CT molecular complexity index is 412. The summed E-state index contributed by atoms with van der Waals surface area (Å²) >= 11 is 1.45. The lowest BCUT2D eigenvalue weighted by Gasteiger charge is -2.11. The fourth-order valence-corrected chi connectivity index (χ4v) is 2.12. The van der Waals surface area contributed by atoms with Gasteiger partial charge in [-0.3, -0.25) is 9.79 Å². The average molecular weight is 426 g/mol. The molecule has 0 radical (unpaired) electrons. The van der Waals surface area contributed by atoms with E-state index < -0.39 is 0 Å². The van der Waals surface area contributed by atoms with Crippen molar-refractivity contribution in [3.8, 4) is 0 Å². The first-order valence-corrected chi connectivity index (χ1v) is 7.41. The van der Waals surface area contributed by atoms with Crippen LogP contribution >= 0.6 is 35.3 Å². The monoisotopic (exact) mass is 426 g/mol. The summed E-state index contributed by atoms with van der Waals surface area (Å²) < 4.78 is 4.95. The highest BCUT2D eigenvalue weighted by Gasteiger charge is 2.04. The number of guanidine groups is 1. The molecule has 3 N–H and O–H groups in total. The summed E-state index contributed by atoms with van der Waals surface area (Å²) in [6, 6.07) is 3.69. The molecule has 0 aliphatic rings. The summed E-state index contributed by atoms with van der Waals surface area (Å²) in [7, 11) is 3.38. The molecule has 1 aromatic rings. The molecule has 0 saturated carbocycles. The van der Waals surface area contributed by atoms with Gasteiger partial charge in [0.2, 0.25) is 0 Å². The molecule has 1 aromatic heterocycles. The van der Waals surface area contributed by atoms with E-state index in [1.807, 2.05) is 17.5 Å². The largest absolute Gasteiger partial charge is 0.383 e. The summed E-state index contributed by atoms with van der Waals surface area (Å²) in [5.41, 5.74) is 0. The number of hydrogen-bond donors (Lipinski definition) is 3. The molecule has 0 aliphatic heterocycles. The third kappa shape index (κ3) is 8.89. The predicted molar refractivity (Wildman–Crippen MR) is 97.9 cm³/mol. The van der Waals surface area contributed by atoms with E-state index in [4.69, 9.17) is 4.74 Å². The van der Waals surface area contributed by atoms with Crippen LogP contribution in [0.15, 0.2) is 22.5 Å². The van der Waals surface area contributed by atoms with E-state index in [1.165, 1.54) is 11.3 Å². The maximum atomic E-state index is 11.7. The zero-order valence-electron chi connectivity index (χ0n) is 12.3. The molecular formula is C13H23IN4O2S. The third-order valence-corrected chi connectivity index (χ3v) is 3.37. The zero-order chi connectivity index (χ0) is 14.6. The Kier molecular flexibility index (Phi) is 12.3. The SMILES string of the molecule is CN=C(NCCCNC(=O)c1cccs1)NCCOC.I. The molecule has 0 bridgehead atoms. The number of thiophene rings is 1. The second-order valence-electron chi connectivity index (χ2n) is 4.01. The van der Waals surface area contributed by atoms with E-state index in [9.17, 15) is 4.79 Å². The number of rotatable bonds is 8. The lowest BCUT2D eigenvalue weighted by Crippen LogP contribution is -2.40. The molecule has 1 heterocycles. The summed E-state index contributed by atoms with van der Waals surface area (Å²) in [5.74, 6) is 0.731. The maximum absolute atomic E-state index is 11.7. The van der Waals surface area contributed by atoms with Crippen molar-refractivity contribution in [2.24, 2.45) is 4.99 Å². The molecule has 21 heavy (non-hydrogen) atoms. The molecule has 0 saturated heterocycles. The molecular weight excluding hydrogens is 403 g/mol. The minimum atomic E-state index is -0.0115. The molecule has 0 aromatic carbocycles. The minimum Gasteiger partial charge on any atom is -0.383 e. The van der Waals surface area contributed by atoms with Crippen molar-refractivity contribution in [3.05, 3.63) is 22.4 Å². The Hall–Kier alpha value is -0.870. The van der Waals surface area contributed by atoms with Gasteiger partial charge in [0, 0.05) is 33.8 Å². The molecule has 0 spiro atoms. The van der Waals surface area contributed by atoms with E-state index in [2.05, 4.69) is 20.9 Å². The van der Waals surface area contributed by atoms with Gasteiger partial charge in [-0.2, -0.15) is 0 Å². The van der Waals surface area contributed by atoms with Crippen LogP contribution in [-0.2, 0) is 4.74 Å². The first kappa shape index (κ1) is 20.1. The standard InChI is InChI=1S/C13H22N4O2S.HI/c1-14-13(17-8-9-19-2)16-7-4-6-15-12(18)11-5-3-10-20-11;/h3,5,10H,4,6-9H2,1-2H3,(H,15,18)(H2,14,16,17);1H. The van der Waals surface area contributed by atoms with Crippen molar-refractivity contribution in [1.82, 2.24) is 16.0 Å². The molecule has 0 fully saturated rings. The molecule has 6 nitrogen and oxygen atoms in total. The number of carbonyl (C=O) groups excluding carboxylic acids is 1. The van der Waals surface area contributed by atoms with Crippen molar-refractivity contribution in [3.63, 3.8) is 0 Å². The average Bonchev–Trinajstić information content (AvgIpc) is 2.99. The molecule has 1 amide bonds. The van der Waals surface area contributed by atoms with Crippen LogP contribution in [0, 0.1) is 0 Å². The van der Waals surface area contributed by atoms with Crippen molar-refractivity contribution >= 4 is 47.2 Å². The van der Waals surface area contributed by atoms with Gasteiger partial charge in [0.05, 0.1) is 11.5 Å². The summed E-state index contributed by atoms with van der Waals surface area (Å²) in [6.07, 6.45) is 0.835. The van der Waals surface area contributed by atoms with Gasteiger partial charge in [-0.1, -0.05) is 6.07 Å². The number of nitrogens with zero attached hydrogens (tertiary/aromatic N) is 1. The molecule has 0 atom stereocenters. The fraction of sp³-hybridized carbons (Fsp3) is 0.538. The number of halogens is 1. The Morgan fingerprint density at radius 2 is 2.00 bits per heavy atom. The van der Waals surface area contributed by atoms with E-state index in [0.717, 1.165) is 23.8 Å². The summed E-state index contributed by atoms with van der Waals surface area (Å²) in [4.78, 5) is 16.5. The van der Waals surface area contributed by atoms with Crippen molar-refractivity contribution < 1.29 is 9.53 Å². The number of nitrogens with one attached hydrogen (secondary N) is 3. The molecule has 0 aliphatic carbocycles. The van der Waals surface area contributed by atoms with Gasteiger partial charge in [-0.15, -0.1) is 35.3 Å². The first-order valence-electron chi connectivity index (χ1n) is 6.53. The third-order valence-electron chi connectivity index (χ3n) is 2.50. The van der Waals surface area contributed by atoms with Crippen LogP contribution in [0.2, 0.25) is 0 Å². The summed E-state index contributed by atoms with van der Waals surface area (Å²) in [5, 5.41) is 11.1. The molecule has 8 heteroatoms. The topological polar surface area (TPSA) is 74.8 Å². The van der Waals surface area contributed by atoms with Gasteiger partial charge < -0.3 is 20.7 Å². The number of methoxy groups -OCH3 is 1. The molecule has 120 valence electrons. The van der Waals surface area contributed by atoms with Crippen LogP contribution in [0.1, 0.15) is 16.1 Å². The van der Waals surface area contributed by atoms with Gasteiger partial charge in [-0.05, 0) is 17.9 Å². The quantitative estimate of drug-likeness (QED) is 0.254. The highest BCUT2D eigenvalue weighted by Crippen LogP contribution is 2.07. The maximum Gasteiger partial charge on any atom is 0.261 e.